The predicted molar refractivity (Wildman–Crippen MR) is 65.1 cm³/mol. The van der Waals surface area contributed by atoms with E-state index in [4.69, 9.17) is 0 Å². The van der Waals surface area contributed by atoms with Gasteiger partial charge in [0.2, 0.25) is 0 Å². The lowest BCUT2D eigenvalue weighted by atomic mass is 9.86. The van der Waals surface area contributed by atoms with Crippen LogP contribution in [-0.2, 0) is 21.4 Å². The quantitative estimate of drug-likeness (QED) is 0.575. The summed E-state index contributed by atoms with van der Waals surface area (Å²) in [5.41, 5.74) is 2.35. The van der Waals surface area contributed by atoms with Crippen LogP contribution in [0.5, 0.6) is 0 Å². The highest BCUT2D eigenvalue weighted by molar-refractivity contribution is 5.73. The van der Waals surface area contributed by atoms with E-state index in [0.29, 0.717) is 0 Å². The molecule has 0 saturated carbocycles. The summed E-state index contributed by atoms with van der Waals surface area (Å²) >= 11 is 0. The Morgan fingerprint density at radius 1 is 1.31 bits per heavy atom. The van der Waals surface area contributed by atoms with Crippen LogP contribution in [0.4, 0.5) is 0 Å². The fourth-order valence-electron chi connectivity index (χ4n) is 1.42. The highest BCUT2D eigenvalue weighted by Gasteiger charge is 2.13. The molecule has 1 aromatic rings. The number of benzene rings is 1. The number of carbonyl (C=O) groups excluding carboxylic acids is 1. The summed E-state index contributed by atoms with van der Waals surface area (Å²) in [6.45, 7) is 9.83. The lowest BCUT2D eigenvalue weighted by Crippen LogP contribution is -2.11. The lowest BCUT2D eigenvalue weighted by molar-refractivity contribution is -0.137. The molecule has 1 aromatic carbocycles. The van der Waals surface area contributed by atoms with Crippen molar-refractivity contribution in [2.45, 2.75) is 32.6 Å². The number of ether oxygens (including phenoxy) is 1. The van der Waals surface area contributed by atoms with Crippen molar-refractivity contribution < 1.29 is 9.53 Å². The Kier molecular flexibility index (Phi) is 3.88. The molecule has 86 valence electrons. The van der Waals surface area contributed by atoms with E-state index in [1.807, 2.05) is 12.1 Å². The van der Waals surface area contributed by atoms with Gasteiger partial charge in [0, 0.05) is 0 Å². The SMILES string of the molecule is C=COC(=O)Cc1ccc(C(C)(C)C)cc1. The van der Waals surface area contributed by atoms with Crippen LogP contribution in [0.25, 0.3) is 0 Å². The number of hydrogen-bond acceptors (Lipinski definition) is 2. The van der Waals surface area contributed by atoms with Gasteiger partial charge in [-0.3, -0.25) is 4.79 Å². The van der Waals surface area contributed by atoms with Crippen LogP contribution in [0.2, 0.25) is 0 Å². The molecule has 2 nitrogen and oxygen atoms in total. The molecule has 16 heavy (non-hydrogen) atoms. The Labute approximate surface area is 96.9 Å². The van der Waals surface area contributed by atoms with E-state index in [0.717, 1.165) is 11.8 Å². The van der Waals surface area contributed by atoms with Gasteiger partial charge in [-0.2, -0.15) is 0 Å². The van der Waals surface area contributed by atoms with Gasteiger partial charge < -0.3 is 4.74 Å². The summed E-state index contributed by atoms with van der Waals surface area (Å²) in [6.07, 6.45) is 1.45. The summed E-state index contributed by atoms with van der Waals surface area (Å²) < 4.78 is 4.67. The minimum atomic E-state index is -0.279. The van der Waals surface area contributed by atoms with Crippen LogP contribution < -0.4 is 0 Å². The van der Waals surface area contributed by atoms with Gasteiger partial charge in [-0.1, -0.05) is 51.6 Å². The maximum atomic E-state index is 11.2. The summed E-state index contributed by atoms with van der Waals surface area (Å²) in [7, 11) is 0. The first kappa shape index (κ1) is 12.5. The molecule has 0 radical (unpaired) electrons. The normalized spacial score (nSPS) is 10.9. The molecule has 0 N–H and O–H groups in total. The maximum absolute atomic E-state index is 11.2. The minimum Gasteiger partial charge on any atom is -0.435 e. The first-order chi connectivity index (χ1) is 7.43. The van der Waals surface area contributed by atoms with E-state index in [-0.39, 0.29) is 17.8 Å². The molecule has 2 heteroatoms. The molecular weight excluding hydrogens is 200 g/mol. The van der Waals surface area contributed by atoms with Gasteiger partial charge in [0.15, 0.2) is 0 Å². The Morgan fingerprint density at radius 3 is 2.31 bits per heavy atom. The van der Waals surface area contributed by atoms with Crippen LogP contribution in [-0.4, -0.2) is 5.97 Å². The molecule has 0 aliphatic rings. The second kappa shape index (κ2) is 4.97. The summed E-state index contributed by atoms with van der Waals surface area (Å²) in [4.78, 5) is 11.2. The Bertz CT molecular complexity index is 369. The van der Waals surface area contributed by atoms with Crippen molar-refractivity contribution in [3.05, 3.63) is 48.2 Å². The standard InChI is InChI=1S/C14H18O2/c1-5-16-13(15)10-11-6-8-12(9-7-11)14(2,3)4/h5-9H,1,10H2,2-4H3. The fraction of sp³-hybridized carbons (Fsp3) is 0.357. The van der Waals surface area contributed by atoms with Crippen LogP contribution >= 0.6 is 0 Å². The predicted octanol–water partition coefficient (Wildman–Crippen LogP) is 3.21. The van der Waals surface area contributed by atoms with Crippen molar-refractivity contribution in [3.8, 4) is 0 Å². The second-order valence-corrected chi connectivity index (χ2v) is 4.78. The highest BCUT2D eigenvalue weighted by Crippen LogP contribution is 2.22. The number of rotatable bonds is 3. The van der Waals surface area contributed by atoms with Gasteiger partial charge in [0.25, 0.3) is 0 Å². The van der Waals surface area contributed by atoms with E-state index in [1.54, 1.807) is 0 Å². The molecule has 0 saturated heterocycles. The Hall–Kier alpha value is -1.57. The Balaban J connectivity index is 2.72. The van der Waals surface area contributed by atoms with Crippen molar-refractivity contribution in [2.75, 3.05) is 0 Å². The third-order valence-corrected chi connectivity index (χ3v) is 2.38. The van der Waals surface area contributed by atoms with Crippen molar-refractivity contribution in [2.24, 2.45) is 0 Å². The van der Waals surface area contributed by atoms with Gasteiger partial charge in [0.1, 0.15) is 0 Å². The van der Waals surface area contributed by atoms with Gasteiger partial charge >= 0.3 is 5.97 Å². The second-order valence-electron chi connectivity index (χ2n) is 4.78. The molecule has 0 atom stereocenters. The first-order valence-electron chi connectivity index (χ1n) is 5.33. The molecule has 0 bridgehead atoms. The van der Waals surface area contributed by atoms with Crippen LogP contribution in [0.1, 0.15) is 31.9 Å². The first-order valence-corrected chi connectivity index (χ1v) is 5.33. The fourth-order valence-corrected chi connectivity index (χ4v) is 1.42. The van der Waals surface area contributed by atoms with Crippen LogP contribution in [0, 0.1) is 0 Å². The van der Waals surface area contributed by atoms with E-state index in [2.05, 4.69) is 44.2 Å². The topological polar surface area (TPSA) is 26.3 Å². The summed E-state index contributed by atoms with van der Waals surface area (Å²) in [5, 5.41) is 0. The number of esters is 1. The Morgan fingerprint density at radius 2 is 1.88 bits per heavy atom. The van der Waals surface area contributed by atoms with Crippen molar-refractivity contribution >= 4 is 5.97 Å². The molecule has 0 aromatic heterocycles. The van der Waals surface area contributed by atoms with Crippen molar-refractivity contribution in [1.29, 1.82) is 0 Å². The van der Waals surface area contributed by atoms with Gasteiger partial charge in [0.05, 0.1) is 12.7 Å². The minimum absolute atomic E-state index is 0.139. The lowest BCUT2D eigenvalue weighted by Gasteiger charge is -2.18. The molecule has 0 unspecified atom stereocenters. The highest BCUT2D eigenvalue weighted by atomic mass is 16.5. The summed E-state index contributed by atoms with van der Waals surface area (Å²) in [6, 6.07) is 8.03. The molecule has 0 aliphatic heterocycles. The largest absolute Gasteiger partial charge is 0.435 e. The number of hydrogen-bond donors (Lipinski definition) is 0. The van der Waals surface area contributed by atoms with Gasteiger partial charge in [-0.05, 0) is 16.5 Å². The van der Waals surface area contributed by atoms with Crippen LogP contribution in [0.3, 0.4) is 0 Å². The van der Waals surface area contributed by atoms with E-state index >= 15 is 0 Å². The molecule has 0 fully saturated rings. The third-order valence-electron chi connectivity index (χ3n) is 2.38. The van der Waals surface area contributed by atoms with E-state index < -0.39 is 0 Å². The zero-order valence-corrected chi connectivity index (χ0v) is 10.1. The number of carbonyl (C=O) groups is 1. The van der Waals surface area contributed by atoms with E-state index in [9.17, 15) is 4.79 Å². The van der Waals surface area contributed by atoms with Crippen LogP contribution in [0.15, 0.2) is 37.1 Å². The maximum Gasteiger partial charge on any atom is 0.315 e. The average Bonchev–Trinajstić information content (AvgIpc) is 2.17. The zero-order chi connectivity index (χ0) is 12.2. The van der Waals surface area contributed by atoms with Gasteiger partial charge in [-0.15, -0.1) is 0 Å². The molecule has 0 heterocycles. The molecule has 0 aliphatic carbocycles. The van der Waals surface area contributed by atoms with Crippen molar-refractivity contribution in [3.63, 3.8) is 0 Å². The zero-order valence-electron chi connectivity index (χ0n) is 10.1. The average molecular weight is 218 g/mol. The summed E-state index contributed by atoms with van der Waals surface area (Å²) in [5.74, 6) is -0.279. The van der Waals surface area contributed by atoms with E-state index in [1.165, 1.54) is 5.56 Å². The molecule has 1 rings (SSSR count). The molecule has 0 spiro atoms. The monoisotopic (exact) mass is 218 g/mol. The van der Waals surface area contributed by atoms with Gasteiger partial charge in [-0.25, -0.2) is 0 Å². The third kappa shape index (κ3) is 3.54. The van der Waals surface area contributed by atoms with Crippen molar-refractivity contribution in [1.82, 2.24) is 0 Å². The smallest absolute Gasteiger partial charge is 0.315 e. The molecule has 0 amide bonds. The molecular formula is C14H18O2.